The molecule has 7 aromatic carbocycles. The van der Waals surface area contributed by atoms with Gasteiger partial charge in [0, 0.05) is 22.3 Å². The minimum Gasteiger partial charge on any atom is -0.436 e. The molecule has 0 unspecified atom stereocenters. The molecule has 0 amide bonds. The van der Waals surface area contributed by atoms with Gasteiger partial charge in [-0.1, -0.05) is 97.1 Å². The molecule has 0 N–H and O–H groups in total. The third-order valence-corrected chi connectivity index (χ3v) is 9.91. The van der Waals surface area contributed by atoms with Crippen LogP contribution in [0.1, 0.15) is 11.1 Å². The minimum atomic E-state index is 0.623. The molecule has 6 heteroatoms. The molecule has 0 aliphatic rings. The first-order valence-electron chi connectivity index (χ1n) is 17.9. The molecule has 0 aliphatic heterocycles. The average molecular weight is 697 g/mol. The second-order valence-electron chi connectivity index (χ2n) is 13.7. The highest BCUT2D eigenvalue weighted by atomic mass is 16.4. The number of rotatable bonds is 6. The fraction of sp³-hybridized carbons (Fsp3) is 0.0417. The molecule has 0 radical (unpaired) electrons. The quantitative estimate of drug-likeness (QED) is 0.172. The van der Waals surface area contributed by atoms with Gasteiger partial charge in [0.25, 0.3) is 0 Å². The largest absolute Gasteiger partial charge is 0.436 e. The van der Waals surface area contributed by atoms with Crippen LogP contribution in [0.5, 0.6) is 0 Å². The number of aromatic nitrogens is 4. The predicted octanol–water partition coefficient (Wildman–Crippen LogP) is 12.5. The van der Waals surface area contributed by atoms with E-state index < -0.39 is 0 Å². The first kappa shape index (κ1) is 31.5. The second-order valence-corrected chi connectivity index (χ2v) is 13.7. The van der Waals surface area contributed by atoms with E-state index in [1.54, 1.807) is 0 Å². The van der Waals surface area contributed by atoms with Gasteiger partial charge >= 0.3 is 0 Å². The van der Waals surface area contributed by atoms with E-state index in [0.717, 1.165) is 100 Å². The average Bonchev–Trinajstić information content (AvgIpc) is 3.85. The first-order chi connectivity index (χ1) is 26.5. The van der Waals surface area contributed by atoms with Crippen LogP contribution in [0.2, 0.25) is 0 Å². The number of hydrogen-bond donors (Lipinski definition) is 0. The van der Waals surface area contributed by atoms with Crippen LogP contribution in [0.4, 0.5) is 0 Å². The highest BCUT2D eigenvalue weighted by molar-refractivity contribution is 5.87. The highest BCUT2D eigenvalue weighted by Crippen LogP contribution is 2.35. The van der Waals surface area contributed by atoms with E-state index in [1.807, 2.05) is 60.7 Å². The number of benzene rings is 7. The number of para-hydroxylation sites is 2. The lowest BCUT2D eigenvalue weighted by atomic mass is 9.97. The number of oxazole rings is 2. The Bertz CT molecular complexity index is 2770. The summed E-state index contributed by atoms with van der Waals surface area (Å²) in [5.74, 6) is 1.25. The Morgan fingerprint density at radius 1 is 0.315 bits per heavy atom. The molecule has 6 nitrogen and oxygen atoms in total. The maximum absolute atomic E-state index is 6.05. The molecule has 3 aromatic heterocycles. The van der Waals surface area contributed by atoms with Gasteiger partial charge in [0.1, 0.15) is 11.0 Å². The zero-order valence-corrected chi connectivity index (χ0v) is 29.6. The molecule has 0 bridgehead atoms. The van der Waals surface area contributed by atoms with Crippen LogP contribution in [0.3, 0.4) is 0 Å². The van der Waals surface area contributed by atoms with Gasteiger partial charge in [-0.05, 0) is 108 Å². The Balaban J connectivity index is 0.930. The van der Waals surface area contributed by atoms with Crippen LogP contribution < -0.4 is 0 Å². The van der Waals surface area contributed by atoms with Crippen molar-refractivity contribution in [2.75, 3.05) is 0 Å². The van der Waals surface area contributed by atoms with Crippen molar-refractivity contribution >= 4 is 33.2 Å². The van der Waals surface area contributed by atoms with Gasteiger partial charge in [0.05, 0.1) is 22.4 Å². The Kier molecular flexibility index (Phi) is 7.47. The van der Waals surface area contributed by atoms with Gasteiger partial charge < -0.3 is 8.83 Å². The standard InChI is InChI=1S/C48H32N4O2/c1-29-7-25-41-43(27-29)53-47(51-41)37-21-13-33(14-22-37)31-9-17-35(18-10-31)45-46(50-40-6-4-3-5-39(40)49-45)36-19-11-32(12-20-36)34-15-23-38(24-16-34)48-52-42-26-8-30(2)28-44(42)54-48/h3-28H,1-2H3. The summed E-state index contributed by atoms with van der Waals surface area (Å²) in [5.41, 5.74) is 17.3. The van der Waals surface area contributed by atoms with E-state index in [-0.39, 0.29) is 0 Å². The van der Waals surface area contributed by atoms with Crippen LogP contribution in [0.15, 0.2) is 167 Å². The fourth-order valence-electron chi connectivity index (χ4n) is 6.96. The molecule has 54 heavy (non-hydrogen) atoms. The second kappa shape index (κ2) is 12.8. The summed E-state index contributed by atoms with van der Waals surface area (Å²) in [5, 5.41) is 0. The summed E-state index contributed by atoms with van der Waals surface area (Å²) in [4.78, 5) is 19.6. The summed E-state index contributed by atoms with van der Waals surface area (Å²) in [6.45, 7) is 4.11. The summed E-state index contributed by atoms with van der Waals surface area (Å²) in [7, 11) is 0. The van der Waals surface area contributed by atoms with Gasteiger partial charge in [-0.15, -0.1) is 0 Å². The minimum absolute atomic E-state index is 0.623. The Morgan fingerprint density at radius 2 is 0.648 bits per heavy atom. The molecular formula is C48H32N4O2. The Hall–Kier alpha value is -7.18. The molecule has 0 spiro atoms. The van der Waals surface area contributed by atoms with E-state index in [1.165, 1.54) is 0 Å². The number of hydrogen-bond acceptors (Lipinski definition) is 6. The van der Waals surface area contributed by atoms with Crippen molar-refractivity contribution in [3.05, 3.63) is 169 Å². The van der Waals surface area contributed by atoms with E-state index in [2.05, 4.69) is 121 Å². The zero-order valence-electron chi connectivity index (χ0n) is 29.6. The Morgan fingerprint density at radius 3 is 1.02 bits per heavy atom. The first-order valence-corrected chi connectivity index (χ1v) is 17.9. The topological polar surface area (TPSA) is 77.8 Å². The van der Waals surface area contributed by atoms with Gasteiger partial charge in [0.15, 0.2) is 11.2 Å². The van der Waals surface area contributed by atoms with Crippen molar-refractivity contribution in [2.24, 2.45) is 0 Å². The zero-order chi connectivity index (χ0) is 36.2. The van der Waals surface area contributed by atoms with Crippen LogP contribution in [-0.2, 0) is 0 Å². The van der Waals surface area contributed by atoms with Crippen molar-refractivity contribution in [1.29, 1.82) is 0 Å². The number of aryl methyl sites for hydroxylation is 2. The van der Waals surface area contributed by atoms with E-state index in [9.17, 15) is 0 Å². The summed E-state index contributed by atoms with van der Waals surface area (Å²) in [6.07, 6.45) is 0. The number of fused-ring (bicyclic) bond motifs is 3. The lowest BCUT2D eigenvalue weighted by Crippen LogP contribution is -1.95. The molecule has 10 aromatic rings. The van der Waals surface area contributed by atoms with Crippen molar-refractivity contribution in [3.8, 4) is 67.7 Å². The highest BCUT2D eigenvalue weighted by Gasteiger charge is 2.15. The molecule has 0 fully saturated rings. The normalized spacial score (nSPS) is 11.5. The van der Waals surface area contributed by atoms with Gasteiger partial charge in [-0.25, -0.2) is 19.9 Å². The molecule has 256 valence electrons. The molecule has 3 heterocycles. The van der Waals surface area contributed by atoms with Crippen molar-refractivity contribution < 1.29 is 8.83 Å². The SMILES string of the molecule is Cc1ccc2nc(-c3ccc(-c4ccc(-c5nc6ccccc6nc5-c5ccc(-c6ccc(-c7nc8ccc(C)cc8o7)cc6)cc5)cc4)cc3)oc2c1. The Labute approximate surface area is 311 Å². The van der Waals surface area contributed by atoms with E-state index in [0.29, 0.717) is 11.8 Å². The smallest absolute Gasteiger partial charge is 0.227 e. The van der Waals surface area contributed by atoms with Crippen molar-refractivity contribution in [1.82, 2.24) is 19.9 Å². The van der Waals surface area contributed by atoms with Crippen LogP contribution >= 0.6 is 0 Å². The monoisotopic (exact) mass is 696 g/mol. The van der Waals surface area contributed by atoms with E-state index in [4.69, 9.17) is 18.8 Å². The van der Waals surface area contributed by atoms with Crippen LogP contribution in [0, 0.1) is 13.8 Å². The van der Waals surface area contributed by atoms with E-state index >= 15 is 0 Å². The summed E-state index contributed by atoms with van der Waals surface area (Å²) >= 11 is 0. The van der Waals surface area contributed by atoms with Gasteiger partial charge in [-0.3, -0.25) is 0 Å². The molecule has 0 saturated heterocycles. The fourth-order valence-corrected chi connectivity index (χ4v) is 6.96. The number of nitrogens with zero attached hydrogens (tertiary/aromatic N) is 4. The van der Waals surface area contributed by atoms with Crippen LogP contribution in [-0.4, -0.2) is 19.9 Å². The van der Waals surface area contributed by atoms with Crippen LogP contribution in [0.25, 0.3) is 101 Å². The maximum atomic E-state index is 6.05. The van der Waals surface area contributed by atoms with Gasteiger partial charge in [0.2, 0.25) is 11.8 Å². The molecule has 10 rings (SSSR count). The van der Waals surface area contributed by atoms with Gasteiger partial charge in [-0.2, -0.15) is 0 Å². The predicted molar refractivity (Wildman–Crippen MR) is 217 cm³/mol. The molecule has 0 aliphatic carbocycles. The summed E-state index contributed by atoms with van der Waals surface area (Å²) < 4.78 is 12.1. The molecule has 0 saturated carbocycles. The lowest BCUT2D eigenvalue weighted by Gasteiger charge is -2.12. The third-order valence-electron chi connectivity index (χ3n) is 9.91. The third kappa shape index (κ3) is 5.80. The maximum Gasteiger partial charge on any atom is 0.227 e. The van der Waals surface area contributed by atoms with Crippen molar-refractivity contribution in [3.63, 3.8) is 0 Å². The summed E-state index contributed by atoms with van der Waals surface area (Å²) in [6, 6.07) is 53.9. The molecule has 0 atom stereocenters. The van der Waals surface area contributed by atoms with Crippen molar-refractivity contribution in [2.45, 2.75) is 13.8 Å². The lowest BCUT2D eigenvalue weighted by molar-refractivity contribution is 0.619. The molecular weight excluding hydrogens is 665 g/mol.